The highest BCUT2D eigenvalue weighted by Gasteiger charge is 2.12. The SMILES string of the molecule is CCCc1cc(=O)[nH]c(Sc2nc(Cl)nc3nc[nH]c23)n1. The molecular formula is C12H11ClN6OS. The first kappa shape index (κ1) is 14.0. The van der Waals surface area contributed by atoms with Crippen LogP contribution >= 0.6 is 23.4 Å². The van der Waals surface area contributed by atoms with E-state index in [4.69, 9.17) is 11.6 Å². The van der Waals surface area contributed by atoms with Crippen molar-refractivity contribution in [3.8, 4) is 0 Å². The van der Waals surface area contributed by atoms with E-state index in [-0.39, 0.29) is 10.8 Å². The first-order valence-electron chi connectivity index (χ1n) is 6.30. The lowest BCUT2D eigenvalue weighted by molar-refractivity contribution is 0.815. The van der Waals surface area contributed by atoms with Gasteiger partial charge in [0.2, 0.25) is 5.28 Å². The summed E-state index contributed by atoms with van der Waals surface area (Å²) in [7, 11) is 0. The third-order valence-electron chi connectivity index (χ3n) is 2.70. The predicted molar refractivity (Wildman–Crippen MR) is 79.7 cm³/mol. The van der Waals surface area contributed by atoms with E-state index >= 15 is 0 Å². The molecule has 3 rings (SSSR count). The molecule has 0 aliphatic rings. The van der Waals surface area contributed by atoms with Gasteiger partial charge in [-0.1, -0.05) is 13.3 Å². The van der Waals surface area contributed by atoms with Crippen LogP contribution in [-0.4, -0.2) is 29.9 Å². The Kier molecular flexibility index (Phi) is 3.89. The van der Waals surface area contributed by atoms with Crippen molar-refractivity contribution in [3.63, 3.8) is 0 Å². The summed E-state index contributed by atoms with van der Waals surface area (Å²) in [4.78, 5) is 33.9. The van der Waals surface area contributed by atoms with Gasteiger partial charge in [0.1, 0.15) is 10.5 Å². The Morgan fingerprint density at radius 3 is 3.00 bits per heavy atom. The lowest BCUT2D eigenvalue weighted by atomic mass is 10.2. The van der Waals surface area contributed by atoms with Gasteiger partial charge >= 0.3 is 0 Å². The molecule has 0 unspecified atom stereocenters. The van der Waals surface area contributed by atoms with Crippen molar-refractivity contribution in [1.82, 2.24) is 29.9 Å². The molecule has 0 amide bonds. The Morgan fingerprint density at radius 2 is 2.19 bits per heavy atom. The Balaban J connectivity index is 2.02. The summed E-state index contributed by atoms with van der Waals surface area (Å²) < 4.78 is 0. The largest absolute Gasteiger partial charge is 0.341 e. The number of aromatic amines is 2. The molecule has 0 aromatic carbocycles. The average Bonchev–Trinajstić information content (AvgIpc) is 2.86. The molecule has 0 atom stereocenters. The number of H-pyrrole nitrogens is 2. The molecule has 108 valence electrons. The first-order valence-corrected chi connectivity index (χ1v) is 7.50. The van der Waals surface area contributed by atoms with Crippen LogP contribution in [0, 0.1) is 0 Å². The van der Waals surface area contributed by atoms with Crippen LogP contribution < -0.4 is 5.56 Å². The average molecular weight is 323 g/mol. The van der Waals surface area contributed by atoms with Gasteiger partial charge in [-0.3, -0.25) is 4.79 Å². The van der Waals surface area contributed by atoms with Gasteiger partial charge in [0, 0.05) is 11.8 Å². The Hall–Kier alpha value is -1.93. The molecule has 3 heterocycles. The zero-order chi connectivity index (χ0) is 14.8. The summed E-state index contributed by atoms with van der Waals surface area (Å²) in [6.07, 6.45) is 3.19. The number of nitrogens with zero attached hydrogens (tertiary/aromatic N) is 4. The normalized spacial score (nSPS) is 11.1. The number of nitrogens with one attached hydrogen (secondary N) is 2. The smallest absolute Gasteiger partial charge is 0.251 e. The van der Waals surface area contributed by atoms with Gasteiger partial charge in [0.15, 0.2) is 10.8 Å². The third kappa shape index (κ3) is 3.06. The maximum absolute atomic E-state index is 11.7. The number of halogens is 1. The minimum absolute atomic E-state index is 0.101. The molecule has 0 aliphatic carbocycles. The molecule has 7 nitrogen and oxygen atoms in total. The summed E-state index contributed by atoms with van der Waals surface area (Å²) in [5.74, 6) is 0. The van der Waals surface area contributed by atoms with Crippen LogP contribution in [0.15, 0.2) is 27.4 Å². The number of fused-ring (bicyclic) bond motifs is 1. The van der Waals surface area contributed by atoms with E-state index in [0.717, 1.165) is 18.5 Å². The Morgan fingerprint density at radius 1 is 1.33 bits per heavy atom. The maximum Gasteiger partial charge on any atom is 0.251 e. The molecule has 0 spiro atoms. The van der Waals surface area contributed by atoms with Crippen molar-refractivity contribution in [2.45, 2.75) is 29.9 Å². The second-order valence-corrected chi connectivity index (χ2v) is 5.61. The van der Waals surface area contributed by atoms with E-state index in [1.807, 2.05) is 6.92 Å². The monoisotopic (exact) mass is 322 g/mol. The van der Waals surface area contributed by atoms with Crippen molar-refractivity contribution in [2.75, 3.05) is 0 Å². The minimum atomic E-state index is -0.183. The molecule has 0 fully saturated rings. The number of hydrogen-bond acceptors (Lipinski definition) is 6. The molecule has 0 bridgehead atoms. The molecule has 3 aromatic rings. The lowest BCUT2D eigenvalue weighted by Crippen LogP contribution is -2.10. The number of rotatable bonds is 4. The van der Waals surface area contributed by atoms with Crippen molar-refractivity contribution >= 4 is 34.5 Å². The van der Waals surface area contributed by atoms with Gasteiger partial charge in [0.05, 0.1) is 6.33 Å². The van der Waals surface area contributed by atoms with E-state index in [1.165, 1.54) is 24.2 Å². The van der Waals surface area contributed by atoms with Crippen molar-refractivity contribution in [3.05, 3.63) is 33.7 Å². The van der Waals surface area contributed by atoms with Crippen molar-refractivity contribution in [2.24, 2.45) is 0 Å². The number of hydrogen-bond donors (Lipinski definition) is 2. The molecule has 21 heavy (non-hydrogen) atoms. The molecule has 2 N–H and O–H groups in total. The zero-order valence-corrected chi connectivity index (χ0v) is 12.6. The summed E-state index contributed by atoms with van der Waals surface area (Å²) >= 11 is 7.09. The van der Waals surface area contributed by atoms with E-state index in [1.54, 1.807) is 0 Å². The third-order valence-corrected chi connectivity index (χ3v) is 3.74. The molecule has 9 heteroatoms. The lowest BCUT2D eigenvalue weighted by Gasteiger charge is -2.03. The summed E-state index contributed by atoms with van der Waals surface area (Å²) in [6.45, 7) is 2.04. The van der Waals surface area contributed by atoms with Crippen LogP contribution in [0.1, 0.15) is 19.0 Å². The summed E-state index contributed by atoms with van der Waals surface area (Å²) in [6, 6.07) is 1.51. The summed E-state index contributed by atoms with van der Waals surface area (Å²) in [5, 5.41) is 1.14. The fourth-order valence-corrected chi connectivity index (χ4v) is 2.96. The summed E-state index contributed by atoms with van der Waals surface area (Å²) in [5.41, 5.74) is 1.71. The molecule has 0 aliphatic heterocycles. The van der Waals surface area contributed by atoms with Crippen molar-refractivity contribution < 1.29 is 0 Å². The highest BCUT2D eigenvalue weighted by molar-refractivity contribution is 7.99. The highest BCUT2D eigenvalue weighted by Crippen LogP contribution is 2.28. The Labute approximate surface area is 128 Å². The first-order chi connectivity index (χ1) is 10.2. The highest BCUT2D eigenvalue weighted by atomic mass is 35.5. The maximum atomic E-state index is 11.7. The van der Waals surface area contributed by atoms with E-state index in [9.17, 15) is 4.79 Å². The van der Waals surface area contributed by atoms with E-state index in [0.29, 0.717) is 21.3 Å². The predicted octanol–water partition coefficient (Wildman–Crippen LogP) is 2.19. The van der Waals surface area contributed by atoms with Gasteiger partial charge in [-0.2, -0.15) is 4.98 Å². The minimum Gasteiger partial charge on any atom is -0.341 e. The van der Waals surface area contributed by atoms with Crippen LogP contribution in [0.5, 0.6) is 0 Å². The molecule has 0 radical (unpaired) electrons. The number of aromatic nitrogens is 6. The molecule has 0 saturated carbocycles. The van der Waals surface area contributed by atoms with Gasteiger partial charge in [-0.25, -0.2) is 15.0 Å². The zero-order valence-electron chi connectivity index (χ0n) is 11.1. The quantitative estimate of drug-likeness (QED) is 0.564. The Bertz CT molecular complexity index is 845. The fraction of sp³-hybridized carbons (Fsp3) is 0.250. The van der Waals surface area contributed by atoms with Gasteiger partial charge in [-0.05, 0) is 29.8 Å². The van der Waals surface area contributed by atoms with Crippen molar-refractivity contribution in [1.29, 1.82) is 0 Å². The second kappa shape index (κ2) is 5.82. The van der Waals surface area contributed by atoms with E-state index < -0.39 is 0 Å². The van der Waals surface area contributed by atoms with Crippen LogP contribution in [-0.2, 0) is 6.42 Å². The second-order valence-electron chi connectivity index (χ2n) is 4.29. The van der Waals surface area contributed by atoms with Crippen LogP contribution in [0.4, 0.5) is 0 Å². The van der Waals surface area contributed by atoms with Crippen LogP contribution in [0.25, 0.3) is 11.2 Å². The number of imidazole rings is 1. The number of aryl methyl sites for hydroxylation is 1. The van der Waals surface area contributed by atoms with E-state index in [2.05, 4.69) is 29.9 Å². The van der Waals surface area contributed by atoms with Crippen LogP contribution in [0.3, 0.4) is 0 Å². The topological polar surface area (TPSA) is 100 Å². The molecule has 0 saturated heterocycles. The fourth-order valence-electron chi connectivity index (χ4n) is 1.86. The van der Waals surface area contributed by atoms with Crippen LogP contribution in [0.2, 0.25) is 5.28 Å². The van der Waals surface area contributed by atoms with Gasteiger partial charge < -0.3 is 9.97 Å². The molecule has 3 aromatic heterocycles. The standard InChI is InChI=1S/C12H11ClN6OS/c1-2-3-6-4-7(20)17-12(16-6)21-10-8-9(15-5-14-8)18-11(13)19-10/h4-5H,2-3H2,1H3,(H,16,17,20)(H,14,15,18,19). The molecular weight excluding hydrogens is 312 g/mol. The van der Waals surface area contributed by atoms with Gasteiger partial charge in [0.25, 0.3) is 5.56 Å². The van der Waals surface area contributed by atoms with Gasteiger partial charge in [-0.15, -0.1) is 0 Å².